The predicted octanol–water partition coefficient (Wildman–Crippen LogP) is 2.56. The summed E-state index contributed by atoms with van der Waals surface area (Å²) in [5, 5.41) is 0. The lowest BCUT2D eigenvalue weighted by Crippen LogP contribution is -2.35. The van der Waals surface area contributed by atoms with Crippen molar-refractivity contribution in [3.8, 4) is 11.5 Å². The molecule has 24 heavy (non-hydrogen) atoms. The van der Waals surface area contributed by atoms with Crippen LogP contribution < -0.4 is 14.2 Å². The molecule has 0 saturated heterocycles. The third-order valence-electron chi connectivity index (χ3n) is 4.30. The number of sulfonamides is 1. The predicted molar refractivity (Wildman–Crippen MR) is 85.1 cm³/mol. The largest absolute Gasteiger partial charge is 0.486 e. The van der Waals surface area contributed by atoms with Gasteiger partial charge >= 0.3 is 0 Å². The van der Waals surface area contributed by atoms with E-state index in [0.717, 1.165) is 17.7 Å². The first-order valence-electron chi connectivity index (χ1n) is 7.68. The fraction of sp³-hybridized carbons (Fsp3) is 0.294. The molecule has 0 aromatic heterocycles. The Kier molecular flexibility index (Phi) is 3.51. The number of fused-ring (bicyclic) bond motifs is 1. The summed E-state index contributed by atoms with van der Waals surface area (Å²) >= 11 is 0. The summed E-state index contributed by atoms with van der Waals surface area (Å²) < 4.78 is 52.0. The molecular formula is C17H16FNO4S. The fourth-order valence-electron chi connectivity index (χ4n) is 2.85. The highest BCUT2D eigenvalue weighted by atomic mass is 32.2. The van der Waals surface area contributed by atoms with E-state index in [9.17, 15) is 12.8 Å². The van der Waals surface area contributed by atoms with E-state index >= 15 is 0 Å². The Balaban J connectivity index is 1.63. The van der Waals surface area contributed by atoms with Crippen molar-refractivity contribution in [1.29, 1.82) is 0 Å². The average molecular weight is 349 g/mol. The van der Waals surface area contributed by atoms with Gasteiger partial charge in [0.25, 0.3) is 0 Å². The van der Waals surface area contributed by atoms with Crippen LogP contribution in [0.3, 0.4) is 0 Å². The molecule has 1 heterocycles. The highest BCUT2D eigenvalue weighted by Gasteiger charge is 2.48. The molecule has 1 saturated carbocycles. The molecule has 4 rings (SSSR count). The lowest BCUT2D eigenvalue weighted by Gasteiger charge is -2.22. The zero-order valence-electron chi connectivity index (χ0n) is 12.8. The third-order valence-corrected chi connectivity index (χ3v) is 5.85. The van der Waals surface area contributed by atoms with E-state index in [4.69, 9.17) is 9.47 Å². The number of ether oxygens (including phenoxy) is 2. The van der Waals surface area contributed by atoms with E-state index in [1.165, 1.54) is 12.1 Å². The maximum absolute atomic E-state index is 13.0. The van der Waals surface area contributed by atoms with Crippen molar-refractivity contribution in [3.05, 3.63) is 53.8 Å². The molecule has 1 N–H and O–H groups in total. The van der Waals surface area contributed by atoms with Gasteiger partial charge in [0.05, 0.1) is 10.4 Å². The summed E-state index contributed by atoms with van der Waals surface area (Å²) in [5.41, 5.74) is 0.209. The van der Waals surface area contributed by atoms with Crippen LogP contribution in [0.15, 0.2) is 47.4 Å². The summed E-state index contributed by atoms with van der Waals surface area (Å²) in [4.78, 5) is 0.0488. The topological polar surface area (TPSA) is 64.6 Å². The SMILES string of the molecule is O=S(=O)(NC1(c2ccc3c(c2)OCCO3)CC1)c1ccc(F)cc1. The minimum Gasteiger partial charge on any atom is -0.486 e. The van der Waals surface area contributed by atoms with E-state index < -0.39 is 21.4 Å². The number of benzene rings is 2. The average Bonchev–Trinajstić information content (AvgIpc) is 3.35. The van der Waals surface area contributed by atoms with Gasteiger partial charge in [-0.05, 0) is 54.8 Å². The van der Waals surface area contributed by atoms with Crippen LogP contribution in [0, 0.1) is 5.82 Å². The molecule has 2 aliphatic rings. The lowest BCUT2D eigenvalue weighted by molar-refractivity contribution is 0.171. The smallest absolute Gasteiger partial charge is 0.241 e. The molecule has 0 radical (unpaired) electrons. The number of halogens is 1. The second-order valence-corrected chi connectivity index (χ2v) is 7.68. The van der Waals surface area contributed by atoms with E-state index in [-0.39, 0.29) is 4.90 Å². The van der Waals surface area contributed by atoms with E-state index in [0.29, 0.717) is 37.6 Å². The van der Waals surface area contributed by atoms with Gasteiger partial charge in [-0.3, -0.25) is 0 Å². The molecule has 0 atom stereocenters. The Hall–Kier alpha value is -2.12. The molecule has 2 aromatic carbocycles. The summed E-state index contributed by atoms with van der Waals surface area (Å²) in [7, 11) is -3.73. The highest BCUT2D eigenvalue weighted by molar-refractivity contribution is 7.89. The van der Waals surface area contributed by atoms with Gasteiger partial charge in [-0.2, -0.15) is 0 Å². The molecule has 126 valence electrons. The second kappa shape index (κ2) is 5.46. The Morgan fingerprint density at radius 3 is 2.29 bits per heavy atom. The molecule has 7 heteroatoms. The van der Waals surface area contributed by atoms with E-state index in [1.807, 2.05) is 12.1 Å². The minimum absolute atomic E-state index is 0.0488. The van der Waals surface area contributed by atoms with Gasteiger partial charge in [-0.15, -0.1) is 0 Å². The second-order valence-electron chi connectivity index (χ2n) is 6.00. The fourth-order valence-corrected chi connectivity index (χ4v) is 4.29. The van der Waals surface area contributed by atoms with Crippen molar-refractivity contribution in [2.75, 3.05) is 13.2 Å². The van der Waals surface area contributed by atoms with Crippen molar-refractivity contribution in [3.63, 3.8) is 0 Å². The van der Waals surface area contributed by atoms with Gasteiger partial charge < -0.3 is 9.47 Å². The van der Waals surface area contributed by atoms with Gasteiger partial charge in [0.15, 0.2) is 11.5 Å². The summed E-state index contributed by atoms with van der Waals surface area (Å²) in [6.45, 7) is 0.986. The first-order valence-corrected chi connectivity index (χ1v) is 9.17. The number of hydrogen-bond acceptors (Lipinski definition) is 4. The molecule has 2 aromatic rings. The molecule has 1 aliphatic carbocycles. The monoisotopic (exact) mass is 349 g/mol. The van der Waals surface area contributed by atoms with Crippen LogP contribution in [0.2, 0.25) is 0 Å². The maximum atomic E-state index is 13.0. The first kappa shape index (κ1) is 15.4. The van der Waals surface area contributed by atoms with Crippen molar-refractivity contribution in [2.45, 2.75) is 23.3 Å². The first-order chi connectivity index (χ1) is 11.5. The molecule has 5 nitrogen and oxygen atoms in total. The number of hydrogen-bond donors (Lipinski definition) is 1. The minimum atomic E-state index is -3.73. The summed E-state index contributed by atoms with van der Waals surface area (Å²) in [5.74, 6) is 0.829. The zero-order valence-corrected chi connectivity index (χ0v) is 13.6. The molecule has 0 spiro atoms. The standard InChI is InChI=1S/C17H16FNO4S/c18-13-2-4-14(5-3-13)24(20,21)19-17(7-8-17)12-1-6-15-16(11-12)23-10-9-22-15/h1-6,11,19H,7-10H2. The van der Waals surface area contributed by atoms with Crippen molar-refractivity contribution in [2.24, 2.45) is 0 Å². The van der Waals surface area contributed by atoms with Crippen LogP contribution in [0.5, 0.6) is 11.5 Å². The van der Waals surface area contributed by atoms with Crippen molar-refractivity contribution in [1.82, 2.24) is 4.72 Å². The van der Waals surface area contributed by atoms with Crippen LogP contribution >= 0.6 is 0 Å². The van der Waals surface area contributed by atoms with Crippen LogP contribution in [0.4, 0.5) is 4.39 Å². The maximum Gasteiger partial charge on any atom is 0.241 e. The zero-order chi connectivity index (χ0) is 16.8. The van der Waals surface area contributed by atoms with Gasteiger partial charge in [0.1, 0.15) is 19.0 Å². The van der Waals surface area contributed by atoms with E-state index in [1.54, 1.807) is 6.07 Å². The Labute approximate surface area is 139 Å². The number of nitrogens with one attached hydrogen (secondary N) is 1. The molecule has 0 amide bonds. The van der Waals surface area contributed by atoms with E-state index in [2.05, 4.69) is 4.72 Å². The molecule has 0 unspecified atom stereocenters. The Morgan fingerprint density at radius 2 is 1.62 bits per heavy atom. The summed E-state index contributed by atoms with van der Waals surface area (Å²) in [6.07, 6.45) is 1.40. The van der Waals surface area contributed by atoms with Crippen LogP contribution in [-0.2, 0) is 15.6 Å². The van der Waals surface area contributed by atoms with Crippen molar-refractivity contribution < 1.29 is 22.3 Å². The van der Waals surface area contributed by atoms with Crippen LogP contribution in [0.25, 0.3) is 0 Å². The Bertz CT molecular complexity index is 876. The normalized spacial score (nSPS) is 18.2. The molecule has 1 fully saturated rings. The Morgan fingerprint density at radius 1 is 0.958 bits per heavy atom. The molecule has 1 aliphatic heterocycles. The number of rotatable bonds is 4. The third kappa shape index (κ3) is 2.74. The molecule has 0 bridgehead atoms. The van der Waals surface area contributed by atoms with Gasteiger partial charge in [0, 0.05) is 0 Å². The molecular weight excluding hydrogens is 333 g/mol. The van der Waals surface area contributed by atoms with Gasteiger partial charge in [-0.25, -0.2) is 17.5 Å². The lowest BCUT2D eigenvalue weighted by atomic mass is 10.1. The van der Waals surface area contributed by atoms with Gasteiger partial charge in [-0.1, -0.05) is 6.07 Å². The van der Waals surface area contributed by atoms with Gasteiger partial charge in [0.2, 0.25) is 10.0 Å². The van der Waals surface area contributed by atoms with Crippen molar-refractivity contribution >= 4 is 10.0 Å². The summed E-state index contributed by atoms with van der Waals surface area (Å²) in [6, 6.07) is 10.3. The quantitative estimate of drug-likeness (QED) is 0.921. The van der Waals surface area contributed by atoms with Crippen LogP contribution in [0.1, 0.15) is 18.4 Å². The highest BCUT2D eigenvalue weighted by Crippen LogP contribution is 2.48. The van der Waals surface area contributed by atoms with Crippen LogP contribution in [-0.4, -0.2) is 21.6 Å².